The van der Waals surface area contributed by atoms with Crippen molar-refractivity contribution in [3.63, 3.8) is 0 Å². The number of rotatable bonds is 6. The quantitative estimate of drug-likeness (QED) is 0.318. The first-order chi connectivity index (χ1) is 17.0. The standard InChI is InChI=1S/C28H26ClN3OS2/c1-3-31-23-18-22(29)14-15-24(23)34-27(31)25-26(33)32(17-16-20-10-6-4-7-11-20)28(35-25)30-19(2)21-12-8-5-9-13-21/h4-15,18-19H,3,16-17H2,1-2H3. The molecule has 1 unspecified atom stereocenters. The van der Waals surface area contributed by atoms with Crippen LogP contribution in [-0.2, 0) is 11.2 Å². The fraction of sp³-hybridized carbons (Fsp3) is 0.214. The fourth-order valence-electron chi connectivity index (χ4n) is 4.22. The molecule has 2 aliphatic rings. The van der Waals surface area contributed by atoms with Crippen molar-refractivity contribution in [1.29, 1.82) is 0 Å². The van der Waals surface area contributed by atoms with E-state index >= 15 is 0 Å². The van der Waals surface area contributed by atoms with Crippen LogP contribution < -0.4 is 4.90 Å². The van der Waals surface area contributed by atoms with Gasteiger partial charge in [-0.3, -0.25) is 14.7 Å². The number of amidine groups is 1. The van der Waals surface area contributed by atoms with Gasteiger partial charge in [0.1, 0.15) is 9.93 Å². The molecular formula is C28H26ClN3OS2. The molecule has 0 N–H and O–H groups in total. The Morgan fingerprint density at radius 2 is 1.66 bits per heavy atom. The van der Waals surface area contributed by atoms with Crippen molar-refractivity contribution >= 4 is 51.9 Å². The van der Waals surface area contributed by atoms with E-state index in [0.717, 1.165) is 44.2 Å². The van der Waals surface area contributed by atoms with E-state index in [9.17, 15) is 4.79 Å². The number of amides is 1. The van der Waals surface area contributed by atoms with Crippen LogP contribution in [0.4, 0.5) is 5.69 Å². The van der Waals surface area contributed by atoms with Gasteiger partial charge in [0, 0.05) is 23.0 Å². The van der Waals surface area contributed by atoms with Gasteiger partial charge < -0.3 is 4.90 Å². The maximum atomic E-state index is 13.8. The van der Waals surface area contributed by atoms with Gasteiger partial charge in [0.2, 0.25) is 0 Å². The van der Waals surface area contributed by atoms with Crippen LogP contribution >= 0.6 is 35.1 Å². The molecule has 0 radical (unpaired) electrons. The lowest BCUT2D eigenvalue weighted by atomic mass is 10.1. The van der Waals surface area contributed by atoms with E-state index in [1.807, 2.05) is 59.5 Å². The summed E-state index contributed by atoms with van der Waals surface area (Å²) >= 11 is 9.41. The third kappa shape index (κ3) is 5.01. The lowest BCUT2D eigenvalue weighted by Gasteiger charge is -2.19. The molecule has 0 bridgehead atoms. The molecule has 1 saturated heterocycles. The third-order valence-electron chi connectivity index (χ3n) is 6.09. The first-order valence-corrected chi connectivity index (χ1v) is 13.7. The summed E-state index contributed by atoms with van der Waals surface area (Å²) in [5.41, 5.74) is 3.39. The molecule has 2 aliphatic heterocycles. The van der Waals surface area contributed by atoms with E-state index in [1.54, 1.807) is 11.8 Å². The highest BCUT2D eigenvalue weighted by atomic mass is 35.5. The van der Waals surface area contributed by atoms with Gasteiger partial charge in [-0.15, -0.1) is 0 Å². The normalized spacial score (nSPS) is 19.5. The Morgan fingerprint density at radius 1 is 0.943 bits per heavy atom. The summed E-state index contributed by atoms with van der Waals surface area (Å²) in [4.78, 5) is 24.7. The van der Waals surface area contributed by atoms with Crippen LogP contribution in [-0.4, -0.2) is 29.1 Å². The predicted molar refractivity (Wildman–Crippen MR) is 149 cm³/mol. The van der Waals surface area contributed by atoms with Crippen LogP contribution in [0.5, 0.6) is 0 Å². The molecule has 5 rings (SSSR count). The average molecular weight is 520 g/mol. The average Bonchev–Trinajstić information content (AvgIpc) is 3.39. The number of halogens is 1. The van der Waals surface area contributed by atoms with Crippen molar-refractivity contribution in [2.24, 2.45) is 4.99 Å². The summed E-state index contributed by atoms with van der Waals surface area (Å²) < 4.78 is 0. The van der Waals surface area contributed by atoms with Gasteiger partial charge in [0.25, 0.3) is 5.91 Å². The number of aliphatic imine (C=N–C) groups is 1. The minimum Gasteiger partial charge on any atom is -0.334 e. The first-order valence-electron chi connectivity index (χ1n) is 11.7. The summed E-state index contributed by atoms with van der Waals surface area (Å²) in [5.74, 6) is 0.0183. The number of carbonyl (C=O) groups excluding carboxylic acids is 1. The Hall–Kier alpha value is -2.67. The number of benzene rings is 3. The lowest BCUT2D eigenvalue weighted by Crippen LogP contribution is -2.32. The van der Waals surface area contributed by atoms with Crippen LogP contribution in [0.1, 0.15) is 31.0 Å². The number of anilines is 1. The number of hydrogen-bond acceptors (Lipinski definition) is 5. The van der Waals surface area contributed by atoms with E-state index in [4.69, 9.17) is 16.6 Å². The van der Waals surface area contributed by atoms with Gasteiger partial charge in [0.15, 0.2) is 5.17 Å². The Balaban J connectivity index is 1.50. The van der Waals surface area contributed by atoms with Gasteiger partial charge in [-0.1, -0.05) is 84.0 Å². The molecule has 1 fully saturated rings. The van der Waals surface area contributed by atoms with Crippen molar-refractivity contribution in [3.8, 4) is 0 Å². The Bertz CT molecular complexity index is 1290. The molecule has 7 heteroatoms. The highest BCUT2D eigenvalue weighted by Gasteiger charge is 2.39. The Labute approximate surface area is 220 Å². The Morgan fingerprint density at radius 3 is 2.37 bits per heavy atom. The zero-order chi connectivity index (χ0) is 24.4. The van der Waals surface area contributed by atoms with E-state index in [1.165, 1.54) is 17.3 Å². The predicted octanol–water partition coefficient (Wildman–Crippen LogP) is 7.38. The molecule has 0 aliphatic carbocycles. The molecule has 0 spiro atoms. The second-order valence-corrected chi connectivity index (χ2v) is 10.8. The van der Waals surface area contributed by atoms with Crippen LogP contribution in [0, 0.1) is 0 Å². The van der Waals surface area contributed by atoms with Crippen LogP contribution in [0.15, 0.2) is 98.7 Å². The monoisotopic (exact) mass is 519 g/mol. The summed E-state index contributed by atoms with van der Waals surface area (Å²) in [6.45, 7) is 5.52. The van der Waals surface area contributed by atoms with Crippen LogP contribution in [0.25, 0.3) is 0 Å². The molecule has 2 heterocycles. The third-order valence-corrected chi connectivity index (χ3v) is 8.72. The maximum absolute atomic E-state index is 13.8. The van der Waals surface area contributed by atoms with Crippen LogP contribution in [0.2, 0.25) is 5.02 Å². The highest BCUT2D eigenvalue weighted by Crippen LogP contribution is 2.51. The van der Waals surface area contributed by atoms with Crippen molar-refractivity contribution in [1.82, 2.24) is 4.90 Å². The number of carbonyl (C=O) groups is 1. The highest BCUT2D eigenvalue weighted by molar-refractivity contribution is 8.19. The molecule has 1 atom stereocenters. The number of fused-ring (bicyclic) bond motifs is 1. The second-order valence-electron chi connectivity index (χ2n) is 8.39. The molecule has 3 aromatic carbocycles. The maximum Gasteiger partial charge on any atom is 0.269 e. The number of nitrogens with zero attached hydrogens (tertiary/aromatic N) is 3. The molecule has 35 heavy (non-hydrogen) atoms. The minimum atomic E-state index is -0.0513. The molecule has 0 aromatic heterocycles. The van der Waals surface area contributed by atoms with Crippen molar-refractivity contribution in [2.75, 3.05) is 18.0 Å². The van der Waals surface area contributed by atoms with Gasteiger partial charge >= 0.3 is 0 Å². The van der Waals surface area contributed by atoms with Gasteiger partial charge in [-0.25, -0.2) is 0 Å². The largest absolute Gasteiger partial charge is 0.334 e. The number of hydrogen-bond donors (Lipinski definition) is 0. The molecule has 4 nitrogen and oxygen atoms in total. The zero-order valence-corrected chi connectivity index (χ0v) is 22.0. The molecule has 178 valence electrons. The van der Waals surface area contributed by atoms with Gasteiger partial charge in [0.05, 0.1) is 11.7 Å². The van der Waals surface area contributed by atoms with Crippen molar-refractivity contribution in [2.45, 2.75) is 31.2 Å². The summed E-state index contributed by atoms with van der Waals surface area (Å²) in [5, 5.41) is 2.42. The van der Waals surface area contributed by atoms with Crippen molar-refractivity contribution in [3.05, 3.63) is 105 Å². The fourth-order valence-corrected chi connectivity index (χ4v) is 6.85. The molecule has 3 aromatic rings. The topological polar surface area (TPSA) is 35.9 Å². The summed E-state index contributed by atoms with van der Waals surface area (Å²) in [6.07, 6.45) is 0.773. The minimum absolute atomic E-state index is 0.0183. The smallest absolute Gasteiger partial charge is 0.269 e. The lowest BCUT2D eigenvalue weighted by molar-refractivity contribution is -0.122. The van der Waals surface area contributed by atoms with E-state index in [0.29, 0.717) is 11.6 Å². The number of thioether (sulfide) groups is 2. The van der Waals surface area contributed by atoms with E-state index in [-0.39, 0.29) is 11.9 Å². The summed E-state index contributed by atoms with van der Waals surface area (Å²) in [7, 11) is 0. The molecule has 1 amide bonds. The van der Waals surface area contributed by atoms with E-state index < -0.39 is 0 Å². The zero-order valence-electron chi connectivity index (χ0n) is 19.6. The second kappa shape index (κ2) is 10.5. The molecule has 0 saturated carbocycles. The van der Waals surface area contributed by atoms with Gasteiger partial charge in [-0.05, 0) is 61.4 Å². The van der Waals surface area contributed by atoms with Crippen LogP contribution in [0.3, 0.4) is 0 Å². The van der Waals surface area contributed by atoms with Gasteiger partial charge in [-0.2, -0.15) is 0 Å². The Kier molecular flexibility index (Phi) is 7.23. The summed E-state index contributed by atoms with van der Waals surface area (Å²) in [6, 6.07) is 26.3. The van der Waals surface area contributed by atoms with Crippen molar-refractivity contribution < 1.29 is 4.79 Å². The first kappa shape index (κ1) is 24.0. The molecular weight excluding hydrogens is 494 g/mol. The van der Waals surface area contributed by atoms with E-state index in [2.05, 4.69) is 43.0 Å². The SMILES string of the molecule is CCN1C(=C2SC(=NC(C)c3ccccc3)N(CCc3ccccc3)C2=O)Sc2ccc(Cl)cc21.